The third-order valence-electron chi connectivity index (χ3n) is 5.47. The number of alkyl halides is 3. The zero-order valence-corrected chi connectivity index (χ0v) is 20.9. The lowest BCUT2D eigenvalue weighted by Gasteiger charge is -2.31. The van der Waals surface area contributed by atoms with Gasteiger partial charge in [0.2, 0.25) is 0 Å². The fraction of sp³-hybridized carbons (Fsp3) is 0.435. The van der Waals surface area contributed by atoms with Gasteiger partial charge in [0.25, 0.3) is 5.91 Å². The van der Waals surface area contributed by atoms with Gasteiger partial charge in [-0.2, -0.15) is 18.3 Å². The molecule has 0 bridgehead atoms. The zero-order valence-electron chi connectivity index (χ0n) is 19.4. The van der Waals surface area contributed by atoms with Crippen molar-refractivity contribution < 1.29 is 27.8 Å². The standard InChI is InChI=1S/C23H24Cl2F3N5O3/c1-22(2,35)11-33-8-16(20(25)32-33)21(34)30-14-6-13(9-36-10-14)29-18-7-19(23(26,27)28)31-17-4-3-12(24)5-15(17)18/h3-5,7-8,13-14,35H,6,9-11H2,1-2H3,(H,29,31)(H,30,34)/t13-,14-/m1/s1. The van der Waals surface area contributed by atoms with Gasteiger partial charge in [0, 0.05) is 22.3 Å². The summed E-state index contributed by atoms with van der Waals surface area (Å²) in [7, 11) is 0. The molecular formula is C23H24Cl2F3N5O3. The van der Waals surface area contributed by atoms with E-state index in [9.17, 15) is 23.1 Å². The summed E-state index contributed by atoms with van der Waals surface area (Å²) in [6.45, 7) is 3.79. The summed E-state index contributed by atoms with van der Waals surface area (Å²) in [6.07, 6.45) is -2.80. The van der Waals surface area contributed by atoms with E-state index in [1.54, 1.807) is 19.9 Å². The summed E-state index contributed by atoms with van der Waals surface area (Å²) in [5, 5.41) is 20.7. The van der Waals surface area contributed by atoms with Crippen molar-refractivity contribution in [1.29, 1.82) is 0 Å². The van der Waals surface area contributed by atoms with E-state index in [1.165, 1.54) is 23.0 Å². The van der Waals surface area contributed by atoms with Gasteiger partial charge in [-0.3, -0.25) is 9.48 Å². The minimum Gasteiger partial charge on any atom is -0.389 e. The molecule has 1 aliphatic rings. The number of halogens is 5. The number of carbonyl (C=O) groups excluding carboxylic acids is 1. The SMILES string of the molecule is CC(C)(O)Cn1cc(C(=O)N[C@H]2COC[C@H](Nc3cc(C(F)(F)F)nc4ccc(Cl)cc34)C2)c(Cl)n1. The predicted molar refractivity (Wildman–Crippen MR) is 129 cm³/mol. The van der Waals surface area contributed by atoms with Crippen LogP contribution in [0.15, 0.2) is 30.5 Å². The number of aromatic nitrogens is 3. The van der Waals surface area contributed by atoms with E-state index < -0.39 is 35.5 Å². The Labute approximate surface area is 214 Å². The Kier molecular flexibility index (Phi) is 7.38. The molecule has 13 heteroatoms. The molecule has 1 saturated heterocycles. The van der Waals surface area contributed by atoms with E-state index in [-0.39, 0.29) is 41.7 Å². The van der Waals surface area contributed by atoms with Gasteiger partial charge in [-0.05, 0) is 44.5 Å². The Morgan fingerprint density at radius 3 is 2.64 bits per heavy atom. The lowest BCUT2D eigenvalue weighted by Crippen LogP contribution is -2.47. The Balaban J connectivity index is 1.49. The van der Waals surface area contributed by atoms with Gasteiger partial charge in [0.05, 0.1) is 48.5 Å². The van der Waals surface area contributed by atoms with E-state index in [0.29, 0.717) is 16.8 Å². The number of nitrogens with zero attached hydrogens (tertiary/aromatic N) is 3. The average Bonchev–Trinajstić information content (AvgIpc) is 3.12. The summed E-state index contributed by atoms with van der Waals surface area (Å²) in [4.78, 5) is 16.5. The molecule has 8 nitrogen and oxygen atoms in total. The molecule has 0 radical (unpaired) electrons. The monoisotopic (exact) mass is 545 g/mol. The number of aliphatic hydroxyl groups is 1. The Morgan fingerprint density at radius 1 is 1.22 bits per heavy atom. The molecule has 1 aromatic carbocycles. The van der Waals surface area contributed by atoms with Crippen LogP contribution in [-0.2, 0) is 17.5 Å². The number of rotatable bonds is 6. The molecule has 0 spiro atoms. The van der Waals surface area contributed by atoms with Crippen LogP contribution in [0.25, 0.3) is 10.9 Å². The second-order valence-electron chi connectivity index (χ2n) is 9.34. The maximum atomic E-state index is 13.4. The van der Waals surface area contributed by atoms with Crippen LogP contribution in [-0.4, -0.2) is 56.7 Å². The van der Waals surface area contributed by atoms with Gasteiger partial charge in [-0.25, -0.2) is 4.98 Å². The van der Waals surface area contributed by atoms with Gasteiger partial charge >= 0.3 is 6.18 Å². The van der Waals surface area contributed by atoms with Crippen LogP contribution < -0.4 is 10.6 Å². The van der Waals surface area contributed by atoms with E-state index >= 15 is 0 Å². The lowest BCUT2D eigenvalue weighted by atomic mass is 10.0. The smallest absolute Gasteiger partial charge is 0.389 e. The molecule has 2 atom stereocenters. The van der Waals surface area contributed by atoms with Crippen LogP contribution in [0.4, 0.5) is 18.9 Å². The maximum absolute atomic E-state index is 13.4. The third kappa shape index (κ3) is 6.39. The number of anilines is 1. The molecule has 4 rings (SSSR count). The number of amides is 1. The van der Waals surface area contributed by atoms with Crippen LogP contribution >= 0.6 is 23.2 Å². The summed E-state index contributed by atoms with van der Waals surface area (Å²) in [5.41, 5.74) is -1.57. The summed E-state index contributed by atoms with van der Waals surface area (Å²) in [6, 6.07) is 4.56. The number of pyridine rings is 1. The van der Waals surface area contributed by atoms with Crippen molar-refractivity contribution >= 4 is 45.7 Å². The minimum absolute atomic E-state index is 0.0111. The second kappa shape index (κ2) is 10.0. The molecule has 1 fully saturated rings. The second-order valence-corrected chi connectivity index (χ2v) is 10.1. The van der Waals surface area contributed by atoms with Crippen molar-refractivity contribution in [2.24, 2.45) is 0 Å². The highest BCUT2D eigenvalue weighted by Crippen LogP contribution is 2.34. The molecule has 0 saturated carbocycles. The normalized spacial score (nSPS) is 18.9. The fourth-order valence-electron chi connectivity index (χ4n) is 4.01. The number of fused-ring (bicyclic) bond motifs is 1. The first-order valence-corrected chi connectivity index (χ1v) is 11.8. The molecule has 3 aromatic rings. The van der Waals surface area contributed by atoms with Gasteiger partial charge < -0.3 is 20.5 Å². The van der Waals surface area contributed by atoms with Crippen molar-refractivity contribution in [1.82, 2.24) is 20.1 Å². The fourth-order valence-corrected chi connectivity index (χ4v) is 4.41. The van der Waals surface area contributed by atoms with Gasteiger partial charge in [0.15, 0.2) is 5.15 Å². The van der Waals surface area contributed by atoms with Gasteiger partial charge in [-0.1, -0.05) is 23.2 Å². The first-order chi connectivity index (χ1) is 16.8. The van der Waals surface area contributed by atoms with Crippen molar-refractivity contribution in [2.45, 2.75) is 50.7 Å². The van der Waals surface area contributed by atoms with Crippen LogP contribution in [0.5, 0.6) is 0 Å². The molecule has 0 aliphatic carbocycles. The number of ether oxygens (including phenoxy) is 1. The largest absolute Gasteiger partial charge is 0.433 e. The molecule has 3 heterocycles. The quantitative estimate of drug-likeness (QED) is 0.420. The molecular weight excluding hydrogens is 522 g/mol. The van der Waals surface area contributed by atoms with Crippen LogP contribution in [0.2, 0.25) is 10.2 Å². The molecule has 1 amide bonds. The number of benzene rings is 1. The topological polar surface area (TPSA) is 101 Å². The van der Waals surface area contributed by atoms with Crippen LogP contribution in [0.3, 0.4) is 0 Å². The predicted octanol–water partition coefficient (Wildman–Crippen LogP) is 4.53. The van der Waals surface area contributed by atoms with Crippen LogP contribution in [0.1, 0.15) is 36.3 Å². The highest BCUT2D eigenvalue weighted by Gasteiger charge is 2.34. The molecule has 3 N–H and O–H groups in total. The van der Waals surface area contributed by atoms with Crippen molar-refractivity contribution in [3.05, 3.63) is 51.9 Å². The molecule has 194 valence electrons. The number of nitrogens with one attached hydrogen (secondary N) is 2. The average molecular weight is 546 g/mol. The highest BCUT2D eigenvalue weighted by atomic mass is 35.5. The summed E-state index contributed by atoms with van der Waals surface area (Å²) in [5.74, 6) is -0.475. The maximum Gasteiger partial charge on any atom is 0.433 e. The molecule has 2 aromatic heterocycles. The Hall–Kier alpha value is -2.60. The van der Waals surface area contributed by atoms with Crippen LogP contribution in [0, 0.1) is 0 Å². The first-order valence-electron chi connectivity index (χ1n) is 11.1. The van der Waals surface area contributed by atoms with Gasteiger partial charge in [-0.15, -0.1) is 0 Å². The number of hydrogen-bond acceptors (Lipinski definition) is 6. The first kappa shape index (κ1) is 26.5. The van der Waals surface area contributed by atoms with E-state index in [4.69, 9.17) is 27.9 Å². The van der Waals surface area contributed by atoms with Crippen molar-refractivity contribution in [3.8, 4) is 0 Å². The summed E-state index contributed by atoms with van der Waals surface area (Å²) < 4.78 is 47.3. The lowest BCUT2D eigenvalue weighted by molar-refractivity contribution is -0.140. The molecule has 36 heavy (non-hydrogen) atoms. The van der Waals surface area contributed by atoms with Gasteiger partial charge in [0.1, 0.15) is 5.69 Å². The third-order valence-corrected chi connectivity index (χ3v) is 5.99. The Bertz CT molecular complexity index is 1280. The van der Waals surface area contributed by atoms with Crippen molar-refractivity contribution in [2.75, 3.05) is 18.5 Å². The van der Waals surface area contributed by atoms with Crippen molar-refractivity contribution in [3.63, 3.8) is 0 Å². The number of carbonyl (C=O) groups is 1. The minimum atomic E-state index is -4.63. The van der Waals surface area contributed by atoms with E-state index in [1.807, 2.05) is 0 Å². The zero-order chi connectivity index (χ0) is 26.3. The molecule has 1 aliphatic heterocycles. The van der Waals surface area contributed by atoms with E-state index in [0.717, 1.165) is 6.07 Å². The highest BCUT2D eigenvalue weighted by molar-refractivity contribution is 6.32. The molecule has 0 unspecified atom stereocenters. The number of hydrogen-bond donors (Lipinski definition) is 3. The Morgan fingerprint density at radius 2 is 1.94 bits per heavy atom. The van der Waals surface area contributed by atoms with E-state index in [2.05, 4.69) is 20.7 Å². The summed E-state index contributed by atoms with van der Waals surface area (Å²) >= 11 is 12.2.